The molecular weight excluding hydrogens is 430 g/mol. The highest BCUT2D eigenvalue weighted by atomic mass is 31.1. The summed E-state index contributed by atoms with van der Waals surface area (Å²) in [6, 6.07) is 9.51. The Kier molecular flexibility index (Phi) is 12.1. The number of unbranched alkanes of at least 4 members (excludes halogenated alkanes) is 2. The van der Waals surface area contributed by atoms with E-state index in [0.29, 0.717) is 23.5 Å². The number of benzene rings is 2. The van der Waals surface area contributed by atoms with E-state index in [0.717, 1.165) is 30.8 Å². The Hall–Kier alpha value is -1.10. The van der Waals surface area contributed by atoms with E-state index in [2.05, 4.69) is 72.2 Å². The van der Waals surface area contributed by atoms with Gasteiger partial charge in [0, 0.05) is 5.92 Å². The summed E-state index contributed by atoms with van der Waals surface area (Å²) in [5, 5.41) is 0. The zero-order chi connectivity index (χ0) is 23.5. The van der Waals surface area contributed by atoms with Gasteiger partial charge in [-0.15, -0.1) is 0 Å². The van der Waals surface area contributed by atoms with Crippen LogP contribution in [-0.4, -0.2) is 13.3 Å². The fourth-order valence-electron chi connectivity index (χ4n) is 4.54. The Labute approximate surface area is 201 Å². The Morgan fingerprint density at radius 3 is 1.47 bits per heavy atom. The SMILES string of the molecule is CCCCc1cc(C(CCC)c2cc(CCCC)c(OPC)cc2C)c(C)cc1OPC. The number of rotatable bonds is 14. The van der Waals surface area contributed by atoms with Gasteiger partial charge in [0.1, 0.15) is 11.5 Å². The second-order valence-corrected chi connectivity index (χ2v) is 10.0. The summed E-state index contributed by atoms with van der Waals surface area (Å²) in [6.45, 7) is 15.6. The highest BCUT2D eigenvalue weighted by Crippen LogP contribution is 2.40. The van der Waals surface area contributed by atoms with E-state index in [1.54, 1.807) is 0 Å². The molecule has 0 bridgehead atoms. The highest BCUT2D eigenvalue weighted by Gasteiger charge is 2.22. The molecule has 0 aliphatic heterocycles. The van der Waals surface area contributed by atoms with Crippen molar-refractivity contribution in [1.82, 2.24) is 0 Å². The van der Waals surface area contributed by atoms with E-state index >= 15 is 0 Å². The summed E-state index contributed by atoms with van der Waals surface area (Å²) in [5.41, 5.74) is 8.39. The topological polar surface area (TPSA) is 18.5 Å². The Morgan fingerprint density at radius 1 is 0.688 bits per heavy atom. The van der Waals surface area contributed by atoms with Gasteiger partial charge in [-0.1, -0.05) is 52.2 Å². The standard InChI is InChI=1S/C28H44O2P2/c1-8-11-14-22-18-25(20(4)16-27(22)29-31-6)24(13-10-3)26-19-23(15-12-9-2)28(30-32-7)17-21(26)5/h16-19,24,31-32H,8-15H2,1-7H3. The van der Waals surface area contributed by atoms with Gasteiger partial charge < -0.3 is 9.05 Å². The Balaban J connectivity index is 2.59. The first kappa shape index (κ1) is 27.1. The molecule has 2 atom stereocenters. The van der Waals surface area contributed by atoms with Crippen LogP contribution in [-0.2, 0) is 12.8 Å². The Bertz CT molecular complexity index is 780. The van der Waals surface area contributed by atoms with E-state index in [1.165, 1.54) is 65.5 Å². The van der Waals surface area contributed by atoms with Crippen LogP contribution in [0, 0.1) is 13.8 Å². The molecule has 0 heterocycles. The van der Waals surface area contributed by atoms with E-state index < -0.39 is 0 Å². The fraction of sp³-hybridized carbons (Fsp3) is 0.571. The monoisotopic (exact) mass is 474 g/mol. The quantitative estimate of drug-likeness (QED) is 0.254. The lowest BCUT2D eigenvalue weighted by molar-refractivity contribution is 0.610. The summed E-state index contributed by atoms with van der Waals surface area (Å²) in [5.74, 6) is 2.59. The lowest BCUT2D eigenvalue weighted by Crippen LogP contribution is -2.08. The molecule has 178 valence electrons. The van der Waals surface area contributed by atoms with Crippen molar-refractivity contribution in [3.05, 3.63) is 57.6 Å². The molecule has 2 aromatic rings. The summed E-state index contributed by atoms with van der Waals surface area (Å²) in [7, 11) is 0.957. The summed E-state index contributed by atoms with van der Waals surface area (Å²) >= 11 is 0. The normalized spacial score (nSPS) is 12.8. The van der Waals surface area contributed by atoms with E-state index in [4.69, 9.17) is 9.05 Å². The molecule has 0 saturated heterocycles. The molecule has 0 aliphatic rings. The van der Waals surface area contributed by atoms with Crippen LogP contribution in [0.1, 0.15) is 98.6 Å². The lowest BCUT2D eigenvalue weighted by atomic mass is 9.81. The first-order valence-corrected chi connectivity index (χ1v) is 15.3. The van der Waals surface area contributed by atoms with Crippen molar-refractivity contribution >= 4 is 17.6 Å². The molecule has 0 N–H and O–H groups in total. The van der Waals surface area contributed by atoms with E-state index in [9.17, 15) is 0 Å². The first-order chi connectivity index (χ1) is 15.5. The molecule has 0 radical (unpaired) electrons. The van der Waals surface area contributed by atoms with Gasteiger partial charge in [0.05, 0.1) is 17.6 Å². The van der Waals surface area contributed by atoms with Gasteiger partial charge in [0.2, 0.25) is 0 Å². The molecule has 0 aromatic heterocycles. The van der Waals surface area contributed by atoms with Crippen molar-refractivity contribution in [3.8, 4) is 11.5 Å². The van der Waals surface area contributed by atoms with Crippen LogP contribution in [0.4, 0.5) is 0 Å². The molecule has 0 saturated carbocycles. The van der Waals surface area contributed by atoms with Gasteiger partial charge in [-0.3, -0.25) is 0 Å². The predicted molar refractivity (Wildman–Crippen MR) is 146 cm³/mol. The fourth-order valence-corrected chi connectivity index (χ4v) is 5.36. The molecule has 2 nitrogen and oxygen atoms in total. The minimum absolute atomic E-state index is 0.414. The third kappa shape index (κ3) is 7.20. The smallest absolute Gasteiger partial charge is 0.126 e. The van der Waals surface area contributed by atoms with Crippen molar-refractivity contribution in [2.45, 2.75) is 91.9 Å². The maximum Gasteiger partial charge on any atom is 0.126 e. The zero-order valence-electron chi connectivity index (χ0n) is 21.4. The molecule has 2 rings (SSSR count). The average Bonchev–Trinajstić information content (AvgIpc) is 2.77. The summed E-state index contributed by atoms with van der Waals surface area (Å²) in [6.07, 6.45) is 9.32. The van der Waals surface area contributed by atoms with Crippen LogP contribution in [0.2, 0.25) is 0 Å². The van der Waals surface area contributed by atoms with Gasteiger partial charge in [-0.05, 0) is 105 Å². The van der Waals surface area contributed by atoms with Crippen LogP contribution < -0.4 is 9.05 Å². The van der Waals surface area contributed by atoms with Gasteiger partial charge in [0.25, 0.3) is 0 Å². The molecule has 0 fully saturated rings. The van der Waals surface area contributed by atoms with Crippen molar-refractivity contribution in [2.24, 2.45) is 0 Å². The maximum atomic E-state index is 6.06. The lowest BCUT2D eigenvalue weighted by Gasteiger charge is -2.25. The number of aryl methyl sites for hydroxylation is 4. The van der Waals surface area contributed by atoms with Gasteiger partial charge in [-0.25, -0.2) is 0 Å². The molecular formula is C28H44O2P2. The Morgan fingerprint density at radius 2 is 1.12 bits per heavy atom. The average molecular weight is 475 g/mol. The third-order valence-electron chi connectivity index (χ3n) is 6.25. The minimum atomic E-state index is 0.414. The summed E-state index contributed by atoms with van der Waals surface area (Å²) < 4.78 is 12.1. The van der Waals surface area contributed by atoms with E-state index in [-0.39, 0.29) is 0 Å². The van der Waals surface area contributed by atoms with Gasteiger partial charge in [0.15, 0.2) is 0 Å². The van der Waals surface area contributed by atoms with Crippen molar-refractivity contribution < 1.29 is 9.05 Å². The largest absolute Gasteiger partial charge is 0.477 e. The second-order valence-electron chi connectivity index (χ2n) is 8.79. The molecule has 2 unspecified atom stereocenters. The van der Waals surface area contributed by atoms with Crippen LogP contribution >= 0.6 is 17.6 Å². The minimum Gasteiger partial charge on any atom is -0.477 e. The maximum absolute atomic E-state index is 6.06. The van der Waals surface area contributed by atoms with Crippen LogP contribution in [0.3, 0.4) is 0 Å². The number of hydrogen-bond acceptors (Lipinski definition) is 2. The molecule has 2 aromatic carbocycles. The van der Waals surface area contributed by atoms with Crippen molar-refractivity contribution in [2.75, 3.05) is 13.3 Å². The molecule has 32 heavy (non-hydrogen) atoms. The molecule has 0 amide bonds. The second kappa shape index (κ2) is 14.2. The third-order valence-corrected chi connectivity index (χ3v) is 7.10. The van der Waals surface area contributed by atoms with Gasteiger partial charge in [-0.2, -0.15) is 0 Å². The zero-order valence-corrected chi connectivity index (χ0v) is 23.4. The van der Waals surface area contributed by atoms with E-state index in [1.807, 2.05) is 0 Å². The molecule has 0 spiro atoms. The van der Waals surface area contributed by atoms with Crippen molar-refractivity contribution in [1.29, 1.82) is 0 Å². The van der Waals surface area contributed by atoms with Crippen LogP contribution in [0.25, 0.3) is 0 Å². The highest BCUT2D eigenvalue weighted by molar-refractivity contribution is 7.31. The van der Waals surface area contributed by atoms with Gasteiger partial charge >= 0.3 is 0 Å². The molecule has 0 aliphatic carbocycles. The summed E-state index contributed by atoms with van der Waals surface area (Å²) in [4.78, 5) is 0. The molecule has 4 heteroatoms. The van der Waals surface area contributed by atoms with Crippen LogP contribution in [0.15, 0.2) is 24.3 Å². The predicted octanol–water partition coefficient (Wildman–Crippen LogP) is 9.12. The number of hydrogen-bond donors (Lipinski definition) is 0. The van der Waals surface area contributed by atoms with Crippen molar-refractivity contribution in [3.63, 3.8) is 0 Å². The first-order valence-electron chi connectivity index (χ1n) is 12.4. The van der Waals surface area contributed by atoms with Crippen LogP contribution in [0.5, 0.6) is 11.5 Å².